The number of hydrazine groups is 1. The van der Waals surface area contributed by atoms with Gasteiger partial charge in [0, 0.05) is 13.2 Å². The predicted molar refractivity (Wildman–Crippen MR) is 55.2 cm³/mol. The highest BCUT2D eigenvalue weighted by atomic mass is 15.3. The minimum absolute atomic E-state index is 0.235. The van der Waals surface area contributed by atoms with E-state index in [2.05, 4.69) is 10.5 Å². The van der Waals surface area contributed by atoms with E-state index in [-0.39, 0.29) is 6.04 Å². The molecular weight excluding hydrogens is 176 g/mol. The van der Waals surface area contributed by atoms with Crippen LogP contribution in [0.1, 0.15) is 37.4 Å². The highest BCUT2D eigenvalue weighted by Gasteiger charge is 2.26. The van der Waals surface area contributed by atoms with Gasteiger partial charge in [-0.1, -0.05) is 12.8 Å². The molecule has 0 saturated heterocycles. The number of hydrogen-bond donors (Lipinski definition) is 2. The molecule has 4 heteroatoms. The molecule has 3 N–H and O–H groups in total. The number of nitrogens with one attached hydrogen (secondary N) is 1. The lowest BCUT2D eigenvalue weighted by atomic mass is 9.96. The van der Waals surface area contributed by atoms with E-state index < -0.39 is 0 Å². The summed E-state index contributed by atoms with van der Waals surface area (Å²) in [6.45, 7) is 0. The summed E-state index contributed by atoms with van der Waals surface area (Å²) in [5.74, 6) is 6.26. The molecule has 1 aliphatic carbocycles. The van der Waals surface area contributed by atoms with E-state index in [0.29, 0.717) is 5.92 Å². The molecule has 4 nitrogen and oxygen atoms in total. The molecule has 1 unspecified atom stereocenters. The zero-order valence-corrected chi connectivity index (χ0v) is 8.61. The fourth-order valence-corrected chi connectivity index (χ4v) is 2.35. The number of aryl methyl sites for hydroxylation is 1. The number of rotatable bonds is 3. The van der Waals surface area contributed by atoms with Crippen LogP contribution in [0.4, 0.5) is 0 Å². The maximum absolute atomic E-state index is 5.59. The van der Waals surface area contributed by atoms with Gasteiger partial charge in [-0.2, -0.15) is 5.10 Å². The first-order valence-electron chi connectivity index (χ1n) is 5.27. The van der Waals surface area contributed by atoms with Gasteiger partial charge in [0.15, 0.2) is 0 Å². The largest absolute Gasteiger partial charge is 0.275 e. The molecule has 1 aromatic heterocycles. The van der Waals surface area contributed by atoms with Gasteiger partial charge in [0.2, 0.25) is 0 Å². The maximum Gasteiger partial charge on any atom is 0.0810 e. The lowest BCUT2D eigenvalue weighted by Crippen LogP contribution is -2.33. The standard InChI is InChI=1S/C10H18N4/c1-14-7-6-9(13-14)10(12-11)8-4-2-3-5-8/h6-8,10,12H,2-5,11H2,1H3. The Morgan fingerprint density at radius 2 is 2.29 bits per heavy atom. The van der Waals surface area contributed by atoms with E-state index in [9.17, 15) is 0 Å². The molecule has 1 saturated carbocycles. The van der Waals surface area contributed by atoms with Crippen molar-refractivity contribution in [2.24, 2.45) is 18.8 Å². The van der Waals surface area contributed by atoms with E-state index >= 15 is 0 Å². The van der Waals surface area contributed by atoms with E-state index in [0.717, 1.165) is 5.69 Å². The van der Waals surface area contributed by atoms with Crippen LogP contribution in [0.5, 0.6) is 0 Å². The topological polar surface area (TPSA) is 55.9 Å². The molecule has 2 rings (SSSR count). The fraction of sp³-hybridized carbons (Fsp3) is 0.700. The lowest BCUT2D eigenvalue weighted by Gasteiger charge is -2.20. The van der Waals surface area contributed by atoms with Crippen LogP contribution in [0.3, 0.4) is 0 Å². The maximum atomic E-state index is 5.59. The molecule has 0 amide bonds. The summed E-state index contributed by atoms with van der Waals surface area (Å²) in [7, 11) is 1.94. The number of nitrogens with zero attached hydrogens (tertiary/aromatic N) is 2. The van der Waals surface area contributed by atoms with Crippen molar-refractivity contribution in [2.45, 2.75) is 31.7 Å². The van der Waals surface area contributed by atoms with Gasteiger partial charge < -0.3 is 0 Å². The third-order valence-electron chi connectivity index (χ3n) is 3.10. The summed E-state index contributed by atoms with van der Waals surface area (Å²) in [5, 5.41) is 4.40. The Labute approximate surface area is 84.4 Å². The summed E-state index contributed by atoms with van der Waals surface area (Å²) in [6, 6.07) is 2.28. The Bertz CT molecular complexity index is 288. The molecule has 0 spiro atoms. The molecule has 0 radical (unpaired) electrons. The predicted octanol–water partition coefficient (Wildman–Crippen LogP) is 1.11. The summed E-state index contributed by atoms with van der Waals surface area (Å²) >= 11 is 0. The van der Waals surface area contributed by atoms with Gasteiger partial charge in [-0.3, -0.25) is 16.0 Å². The third kappa shape index (κ3) is 1.81. The highest BCUT2D eigenvalue weighted by Crippen LogP contribution is 2.34. The normalized spacial score (nSPS) is 20.1. The van der Waals surface area contributed by atoms with Crippen molar-refractivity contribution in [2.75, 3.05) is 0 Å². The van der Waals surface area contributed by atoms with Crippen LogP contribution >= 0.6 is 0 Å². The minimum atomic E-state index is 0.235. The van der Waals surface area contributed by atoms with Crippen LogP contribution in [-0.4, -0.2) is 9.78 Å². The second-order valence-electron chi connectivity index (χ2n) is 4.10. The van der Waals surface area contributed by atoms with Crippen molar-refractivity contribution in [3.05, 3.63) is 18.0 Å². The zero-order valence-electron chi connectivity index (χ0n) is 8.61. The summed E-state index contributed by atoms with van der Waals surface area (Å²) < 4.78 is 1.83. The van der Waals surface area contributed by atoms with E-state index in [1.165, 1.54) is 25.7 Å². The first kappa shape index (κ1) is 9.68. The Morgan fingerprint density at radius 3 is 2.79 bits per heavy atom. The third-order valence-corrected chi connectivity index (χ3v) is 3.10. The van der Waals surface area contributed by atoms with Gasteiger partial charge in [-0.15, -0.1) is 0 Å². The van der Waals surface area contributed by atoms with Crippen molar-refractivity contribution >= 4 is 0 Å². The van der Waals surface area contributed by atoms with Crippen molar-refractivity contribution in [3.63, 3.8) is 0 Å². The zero-order chi connectivity index (χ0) is 9.97. The Kier molecular flexibility index (Phi) is 2.84. The van der Waals surface area contributed by atoms with Crippen molar-refractivity contribution in [1.29, 1.82) is 0 Å². The van der Waals surface area contributed by atoms with Crippen LogP contribution in [0.15, 0.2) is 12.3 Å². The average molecular weight is 194 g/mol. The van der Waals surface area contributed by atoms with Gasteiger partial charge in [0.05, 0.1) is 11.7 Å². The second kappa shape index (κ2) is 4.11. The van der Waals surface area contributed by atoms with Crippen LogP contribution in [0.2, 0.25) is 0 Å². The molecule has 0 aromatic carbocycles. The van der Waals surface area contributed by atoms with Gasteiger partial charge in [0.1, 0.15) is 0 Å². The van der Waals surface area contributed by atoms with E-state index in [1.807, 2.05) is 24.0 Å². The molecule has 78 valence electrons. The van der Waals surface area contributed by atoms with Crippen molar-refractivity contribution in [3.8, 4) is 0 Å². The summed E-state index contributed by atoms with van der Waals surface area (Å²) in [5.41, 5.74) is 3.97. The molecule has 1 heterocycles. The molecule has 0 aliphatic heterocycles. The quantitative estimate of drug-likeness (QED) is 0.560. The first-order chi connectivity index (χ1) is 6.81. The van der Waals surface area contributed by atoms with Crippen molar-refractivity contribution < 1.29 is 0 Å². The highest BCUT2D eigenvalue weighted by molar-refractivity contribution is 5.07. The minimum Gasteiger partial charge on any atom is -0.275 e. The summed E-state index contributed by atoms with van der Waals surface area (Å²) in [6.07, 6.45) is 7.16. The van der Waals surface area contributed by atoms with Crippen LogP contribution in [-0.2, 0) is 7.05 Å². The molecule has 1 fully saturated rings. The Balaban J connectivity index is 2.12. The Hall–Kier alpha value is -0.870. The van der Waals surface area contributed by atoms with Gasteiger partial charge in [-0.25, -0.2) is 0 Å². The molecule has 14 heavy (non-hydrogen) atoms. The molecule has 1 atom stereocenters. The number of aromatic nitrogens is 2. The molecule has 1 aliphatic rings. The van der Waals surface area contributed by atoms with Crippen LogP contribution in [0, 0.1) is 5.92 Å². The smallest absolute Gasteiger partial charge is 0.0810 e. The van der Waals surface area contributed by atoms with Crippen LogP contribution < -0.4 is 11.3 Å². The molecule has 0 bridgehead atoms. The van der Waals surface area contributed by atoms with E-state index in [4.69, 9.17) is 5.84 Å². The first-order valence-corrected chi connectivity index (χ1v) is 5.27. The van der Waals surface area contributed by atoms with Crippen LogP contribution in [0.25, 0.3) is 0 Å². The van der Waals surface area contributed by atoms with Gasteiger partial charge in [-0.05, 0) is 24.8 Å². The number of nitrogens with two attached hydrogens (primary N) is 1. The molecular formula is C10H18N4. The average Bonchev–Trinajstić information content (AvgIpc) is 2.79. The number of hydrogen-bond acceptors (Lipinski definition) is 3. The molecule has 1 aromatic rings. The lowest BCUT2D eigenvalue weighted by molar-refractivity contribution is 0.364. The second-order valence-corrected chi connectivity index (χ2v) is 4.10. The Morgan fingerprint density at radius 1 is 1.57 bits per heavy atom. The van der Waals surface area contributed by atoms with E-state index in [1.54, 1.807) is 0 Å². The monoisotopic (exact) mass is 194 g/mol. The van der Waals surface area contributed by atoms with Gasteiger partial charge in [0.25, 0.3) is 0 Å². The van der Waals surface area contributed by atoms with Gasteiger partial charge >= 0.3 is 0 Å². The SMILES string of the molecule is Cn1ccc(C(NN)C2CCCC2)n1. The van der Waals surface area contributed by atoms with Crippen molar-refractivity contribution in [1.82, 2.24) is 15.2 Å². The summed E-state index contributed by atoms with van der Waals surface area (Å²) in [4.78, 5) is 0. The fourth-order valence-electron chi connectivity index (χ4n) is 2.35.